The molecule has 0 bridgehead atoms. The number of nitrogens with one attached hydrogen (secondary N) is 1. The van der Waals surface area contributed by atoms with Crippen LogP contribution >= 0.6 is 0 Å². The largest absolute Gasteiger partial charge is 0.405 e. The SMILES string of the molecule is CC(C)(C)[Si](OC[C@@]1(Cc2ccccc2)NS(=O)(=O)OC[C@@H]1O)(c1ccccc1)c1ccccc1. The summed E-state index contributed by atoms with van der Waals surface area (Å²) in [7, 11) is -7.01. The van der Waals surface area contributed by atoms with E-state index in [0.29, 0.717) is 0 Å². The molecule has 0 aliphatic carbocycles. The molecule has 2 N–H and O–H groups in total. The van der Waals surface area contributed by atoms with Crippen molar-refractivity contribution in [1.82, 2.24) is 4.72 Å². The topological polar surface area (TPSA) is 84.9 Å². The highest BCUT2D eigenvalue weighted by molar-refractivity contribution is 7.84. The van der Waals surface area contributed by atoms with Crippen LogP contribution in [0.2, 0.25) is 5.04 Å². The van der Waals surface area contributed by atoms with Gasteiger partial charge in [-0.2, -0.15) is 13.1 Å². The molecule has 2 atom stereocenters. The zero-order valence-corrected chi connectivity index (χ0v) is 22.2. The summed E-state index contributed by atoms with van der Waals surface area (Å²) in [4.78, 5) is 0. The minimum absolute atomic E-state index is 0.0149. The van der Waals surface area contributed by atoms with Gasteiger partial charge in [-0.1, -0.05) is 112 Å². The van der Waals surface area contributed by atoms with Crippen molar-refractivity contribution >= 4 is 29.0 Å². The van der Waals surface area contributed by atoms with Crippen LogP contribution in [0.3, 0.4) is 0 Å². The molecule has 1 aliphatic heterocycles. The van der Waals surface area contributed by atoms with E-state index in [1.54, 1.807) is 0 Å². The summed E-state index contributed by atoms with van der Waals surface area (Å²) in [5, 5.41) is 13.0. The minimum atomic E-state index is -4.05. The number of hydrogen-bond acceptors (Lipinski definition) is 5. The highest BCUT2D eigenvalue weighted by atomic mass is 32.2. The lowest BCUT2D eigenvalue weighted by Gasteiger charge is -2.47. The molecule has 0 amide bonds. The molecule has 8 heteroatoms. The van der Waals surface area contributed by atoms with Crippen molar-refractivity contribution in [3.05, 3.63) is 96.6 Å². The van der Waals surface area contributed by atoms with Crippen molar-refractivity contribution in [3.63, 3.8) is 0 Å². The Morgan fingerprint density at radius 2 is 1.43 bits per heavy atom. The van der Waals surface area contributed by atoms with Crippen molar-refractivity contribution in [3.8, 4) is 0 Å². The molecular weight excluding hydrogens is 478 g/mol. The van der Waals surface area contributed by atoms with Gasteiger partial charge in [0.25, 0.3) is 8.32 Å². The number of rotatable bonds is 7. The van der Waals surface area contributed by atoms with Crippen LogP contribution in [-0.4, -0.2) is 46.7 Å². The highest BCUT2D eigenvalue weighted by Crippen LogP contribution is 2.38. The van der Waals surface area contributed by atoms with E-state index in [1.165, 1.54) is 0 Å². The predicted molar refractivity (Wildman–Crippen MR) is 140 cm³/mol. The predicted octanol–water partition coefficient (Wildman–Crippen LogP) is 2.77. The average molecular weight is 512 g/mol. The van der Waals surface area contributed by atoms with Crippen molar-refractivity contribution in [1.29, 1.82) is 0 Å². The first-order chi connectivity index (χ1) is 16.6. The Labute approximate surface area is 209 Å². The molecule has 0 unspecified atom stereocenters. The number of aliphatic hydroxyl groups is 1. The molecule has 0 saturated carbocycles. The standard InChI is InChI=1S/C27H33NO5SSi/c1-26(2,3)35(23-15-9-5-10-16-23,24-17-11-6-12-18-24)33-21-27(19-22-13-7-4-8-14-22)25(29)20-32-34(30,31)28-27/h4-18,25,28-29H,19-21H2,1-3H3/t25-,27+/m0/s1. The van der Waals surface area contributed by atoms with Crippen LogP contribution in [0.1, 0.15) is 26.3 Å². The van der Waals surface area contributed by atoms with Gasteiger partial charge in [0.1, 0.15) is 6.10 Å². The maximum atomic E-state index is 12.6. The molecule has 0 aromatic heterocycles. The Kier molecular flexibility index (Phi) is 7.33. The van der Waals surface area contributed by atoms with Crippen LogP contribution in [0.15, 0.2) is 91.0 Å². The maximum absolute atomic E-state index is 12.6. The van der Waals surface area contributed by atoms with E-state index >= 15 is 0 Å². The van der Waals surface area contributed by atoms with E-state index in [-0.39, 0.29) is 24.7 Å². The molecule has 1 aliphatic rings. The number of hydrogen-bond donors (Lipinski definition) is 2. The summed E-state index contributed by atoms with van der Waals surface area (Å²) >= 11 is 0. The molecule has 3 aromatic rings. The lowest BCUT2D eigenvalue weighted by atomic mass is 9.87. The molecule has 35 heavy (non-hydrogen) atoms. The first-order valence-corrected chi connectivity index (χ1v) is 15.0. The Hall–Kier alpha value is -2.33. The van der Waals surface area contributed by atoms with Gasteiger partial charge in [0.05, 0.1) is 18.8 Å². The lowest BCUT2D eigenvalue weighted by molar-refractivity contribution is -0.0115. The average Bonchev–Trinajstić information content (AvgIpc) is 2.83. The highest BCUT2D eigenvalue weighted by Gasteiger charge is 2.54. The van der Waals surface area contributed by atoms with Gasteiger partial charge in [0, 0.05) is 0 Å². The van der Waals surface area contributed by atoms with Crippen LogP contribution < -0.4 is 15.1 Å². The third-order valence-electron chi connectivity index (χ3n) is 6.67. The quantitative estimate of drug-likeness (QED) is 0.477. The second-order valence-corrected chi connectivity index (χ2v) is 15.8. The van der Waals surface area contributed by atoms with Crippen molar-refractivity contribution in [2.45, 2.75) is 43.9 Å². The van der Waals surface area contributed by atoms with E-state index in [1.807, 2.05) is 66.7 Å². The molecule has 1 heterocycles. The van der Waals surface area contributed by atoms with Gasteiger partial charge in [-0.3, -0.25) is 4.18 Å². The van der Waals surface area contributed by atoms with Crippen molar-refractivity contribution in [2.24, 2.45) is 0 Å². The third-order valence-corrected chi connectivity index (χ3v) is 12.8. The van der Waals surface area contributed by atoms with Gasteiger partial charge < -0.3 is 9.53 Å². The fourth-order valence-electron chi connectivity index (χ4n) is 4.95. The molecule has 6 nitrogen and oxygen atoms in total. The Bertz CT molecular complexity index is 1180. The van der Waals surface area contributed by atoms with Crippen LogP contribution in [-0.2, 0) is 25.3 Å². The molecule has 1 fully saturated rings. The van der Waals surface area contributed by atoms with Crippen LogP contribution in [0, 0.1) is 0 Å². The summed E-state index contributed by atoms with van der Waals surface area (Å²) in [6, 6.07) is 29.8. The molecule has 4 rings (SSSR count). The summed E-state index contributed by atoms with van der Waals surface area (Å²) in [5.74, 6) is 0. The maximum Gasteiger partial charge on any atom is 0.336 e. The Morgan fingerprint density at radius 1 is 0.943 bits per heavy atom. The normalized spacial score (nSPS) is 22.6. The van der Waals surface area contributed by atoms with Crippen LogP contribution in [0.25, 0.3) is 0 Å². The Morgan fingerprint density at radius 3 is 1.91 bits per heavy atom. The molecule has 0 spiro atoms. The fourth-order valence-corrected chi connectivity index (χ4v) is 10.7. The number of aliphatic hydroxyl groups excluding tert-OH is 1. The first kappa shape index (κ1) is 25.8. The molecule has 3 aromatic carbocycles. The molecular formula is C27H33NO5SSi. The van der Waals surface area contributed by atoms with E-state index in [2.05, 4.69) is 49.8 Å². The Balaban J connectivity index is 1.83. The monoisotopic (exact) mass is 511 g/mol. The minimum Gasteiger partial charge on any atom is -0.405 e. The lowest BCUT2D eigenvalue weighted by Crippen LogP contribution is -2.71. The van der Waals surface area contributed by atoms with E-state index in [4.69, 9.17) is 8.61 Å². The second kappa shape index (κ2) is 9.97. The van der Waals surface area contributed by atoms with Crippen molar-refractivity contribution in [2.75, 3.05) is 13.2 Å². The second-order valence-electron chi connectivity index (χ2n) is 10.1. The molecule has 186 valence electrons. The first-order valence-electron chi connectivity index (χ1n) is 11.7. The molecule has 1 saturated heterocycles. The van der Waals surface area contributed by atoms with Gasteiger partial charge in [-0.25, -0.2) is 0 Å². The smallest absolute Gasteiger partial charge is 0.336 e. The van der Waals surface area contributed by atoms with Gasteiger partial charge in [0.2, 0.25) is 0 Å². The summed E-state index contributed by atoms with van der Waals surface area (Å²) in [5.41, 5.74) is -0.395. The van der Waals surface area contributed by atoms with Crippen molar-refractivity contribution < 1.29 is 22.1 Å². The van der Waals surface area contributed by atoms with E-state index < -0.39 is 30.3 Å². The third kappa shape index (κ3) is 5.28. The van der Waals surface area contributed by atoms with Gasteiger partial charge >= 0.3 is 10.3 Å². The van der Waals surface area contributed by atoms with Crippen LogP contribution in [0.4, 0.5) is 0 Å². The summed E-state index contributed by atoms with van der Waals surface area (Å²) in [6.07, 6.45) is -0.833. The van der Waals surface area contributed by atoms with E-state index in [0.717, 1.165) is 15.9 Å². The van der Waals surface area contributed by atoms with Gasteiger partial charge in [-0.15, -0.1) is 0 Å². The number of benzene rings is 3. The van der Waals surface area contributed by atoms with E-state index in [9.17, 15) is 13.5 Å². The fraction of sp³-hybridized carbons (Fsp3) is 0.333. The van der Waals surface area contributed by atoms with Crippen LogP contribution in [0.5, 0.6) is 0 Å². The zero-order chi connectivity index (χ0) is 25.2. The molecule has 0 radical (unpaired) electrons. The van der Waals surface area contributed by atoms with Gasteiger partial charge in [-0.05, 0) is 27.4 Å². The van der Waals surface area contributed by atoms with Gasteiger partial charge in [0.15, 0.2) is 0 Å². The zero-order valence-electron chi connectivity index (χ0n) is 20.3. The summed E-state index contributed by atoms with van der Waals surface area (Å²) < 4.78 is 39.7. The summed E-state index contributed by atoms with van der Waals surface area (Å²) in [6.45, 7) is 6.14.